The Kier molecular flexibility index (Phi) is 3.19. The molecule has 0 aliphatic carbocycles. The molecule has 6 nitrogen and oxygen atoms in total. The van der Waals surface area contributed by atoms with Gasteiger partial charge >= 0.3 is 0 Å². The van der Waals surface area contributed by atoms with Crippen LogP contribution in [-0.4, -0.2) is 33.0 Å². The van der Waals surface area contributed by atoms with Crippen LogP contribution in [0.3, 0.4) is 0 Å². The first-order valence-corrected chi connectivity index (χ1v) is 6.60. The molecule has 3 rings (SSSR count). The monoisotopic (exact) mass is 275 g/mol. The molecule has 1 aliphatic heterocycles. The van der Waals surface area contributed by atoms with Crippen LogP contribution >= 0.6 is 0 Å². The molecule has 6 heteroatoms. The first kappa shape index (κ1) is 13.1. The van der Waals surface area contributed by atoms with Crippen LogP contribution in [0.2, 0.25) is 0 Å². The van der Waals surface area contributed by atoms with Crippen LogP contribution in [0.25, 0.3) is 11.4 Å². The molecule has 3 N–H and O–H groups in total. The van der Waals surface area contributed by atoms with Crippen LogP contribution < -0.4 is 5.32 Å². The van der Waals surface area contributed by atoms with E-state index in [1.807, 2.05) is 26.0 Å². The number of aryl methyl sites for hydroxylation is 2. The highest BCUT2D eigenvalue weighted by atomic mass is 16.5. The number of β-amino-alcohol motifs (C(OH)–C–C–N with tert-alkyl or cyclic N) is 1. The first-order valence-electron chi connectivity index (χ1n) is 6.60. The molecule has 0 bridgehead atoms. The normalized spacial score (nSPS) is 22.4. The van der Waals surface area contributed by atoms with E-state index in [1.54, 1.807) is 0 Å². The number of aromatic nitrogens is 2. The Labute approximate surface area is 116 Å². The number of benzene rings is 1. The van der Waals surface area contributed by atoms with E-state index in [0.717, 1.165) is 16.7 Å². The standard InChI is InChI=1S/C14H17N3O3/c1-7-3-9(4-8(2)12(7)19)13-16-14(20-17-13)11-5-10(18)6-15-11/h3-4,10-11,15,18-19H,5-6H2,1-2H3. The zero-order valence-electron chi connectivity index (χ0n) is 11.4. The molecule has 1 aliphatic rings. The molecule has 2 unspecified atom stereocenters. The van der Waals surface area contributed by atoms with Gasteiger partial charge in [-0.1, -0.05) is 5.16 Å². The Morgan fingerprint density at radius 1 is 1.30 bits per heavy atom. The van der Waals surface area contributed by atoms with Crippen molar-refractivity contribution < 1.29 is 14.7 Å². The molecule has 106 valence electrons. The second-order valence-corrected chi connectivity index (χ2v) is 5.27. The maximum atomic E-state index is 9.78. The summed E-state index contributed by atoms with van der Waals surface area (Å²) in [7, 11) is 0. The lowest BCUT2D eigenvalue weighted by Gasteiger charge is -2.05. The van der Waals surface area contributed by atoms with Crippen LogP contribution in [0, 0.1) is 13.8 Å². The molecule has 1 aromatic carbocycles. The number of rotatable bonds is 2. The summed E-state index contributed by atoms with van der Waals surface area (Å²) in [5, 5.41) is 26.4. The van der Waals surface area contributed by atoms with Crippen molar-refractivity contribution in [1.29, 1.82) is 0 Å². The predicted molar refractivity (Wildman–Crippen MR) is 72.2 cm³/mol. The summed E-state index contributed by atoms with van der Waals surface area (Å²) >= 11 is 0. The van der Waals surface area contributed by atoms with Crippen molar-refractivity contribution >= 4 is 0 Å². The van der Waals surface area contributed by atoms with Gasteiger partial charge in [0, 0.05) is 12.1 Å². The zero-order chi connectivity index (χ0) is 14.3. The summed E-state index contributed by atoms with van der Waals surface area (Å²) in [6, 6.07) is 3.56. The van der Waals surface area contributed by atoms with Gasteiger partial charge in [0.1, 0.15) is 5.75 Å². The highest BCUT2D eigenvalue weighted by Gasteiger charge is 2.28. The summed E-state index contributed by atoms with van der Waals surface area (Å²) in [6.45, 7) is 4.21. The molecule has 2 aromatic rings. The summed E-state index contributed by atoms with van der Waals surface area (Å²) in [6.07, 6.45) is 0.212. The van der Waals surface area contributed by atoms with E-state index in [1.165, 1.54) is 0 Å². The van der Waals surface area contributed by atoms with Crippen molar-refractivity contribution in [2.45, 2.75) is 32.4 Å². The molecule has 0 radical (unpaired) electrons. The van der Waals surface area contributed by atoms with E-state index in [4.69, 9.17) is 4.52 Å². The van der Waals surface area contributed by atoms with Crippen molar-refractivity contribution in [3.05, 3.63) is 29.2 Å². The Bertz CT molecular complexity index is 615. The largest absolute Gasteiger partial charge is 0.507 e. The van der Waals surface area contributed by atoms with Gasteiger partial charge in [0.25, 0.3) is 0 Å². The van der Waals surface area contributed by atoms with Gasteiger partial charge in [-0.15, -0.1) is 0 Å². The summed E-state index contributed by atoms with van der Waals surface area (Å²) in [4.78, 5) is 4.38. The van der Waals surface area contributed by atoms with E-state index >= 15 is 0 Å². The van der Waals surface area contributed by atoms with Crippen LogP contribution in [0.4, 0.5) is 0 Å². The molecule has 2 heterocycles. The molecule has 1 fully saturated rings. The lowest BCUT2D eigenvalue weighted by atomic mass is 10.1. The molecular weight excluding hydrogens is 258 g/mol. The lowest BCUT2D eigenvalue weighted by Crippen LogP contribution is -2.15. The Morgan fingerprint density at radius 2 is 2.00 bits per heavy atom. The third kappa shape index (κ3) is 2.28. The molecule has 0 saturated carbocycles. The second-order valence-electron chi connectivity index (χ2n) is 5.27. The van der Waals surface area contributed by atoms with Crippen molar-refractivity contribution in [2.24, 2.45) is 0 Å². The highest BCUT2D eigenvalue weighted by molar-refractivity contribution is 5.60. The minimum Gasteiger partial charge on any atom is -0.507 e. The maximum Gasteiger partial charge on any atom is 0.244 e. The average molecular weight is 275 g/mol. The van der Waals surface area contributed by atoms with Gasteiger partial charge in [-0.3, -0.25) is 0 Å². The second kappa shape index (κ2) is 4.88. The first-order chi connectivity index (χ1) is 9.54. The van der Waals surface area contributed by atoms with Gasteiger partial charge < -0.3 is 20.1 Å². The number of phenols is 1. The van der Waals surface area contributed by atoms with Crippen LogP contribution in [0.15, 0.2) is 16.7 Å². The fourth-order valence-electron chi connectivity index (χ4n) is 2.48. The molecule has 20 heavy (non-hydrogen) atoms. The SMILES string of the molecule is Cc1cc(-c2noc(C3CC(O)CN3)n2)cc(C)c1O. The molecule has 1 saturated heterocycles. The van der Waals surface area contributed by atoms with Crippen LogP contribution in [0.1, 0.15) is 29.5 Å². The van der Waals surface area contributed by atoms with E-state index in [9.17, 15) is 10.2 Å². The Morgan fingerprint density at radius 3 is 2.60 bits per heavy atom. The zero-order valence-corrected chi connectivity index (χ0v) is 11.4. The van der Waals surface area contributed by atoms with E-state index in [0.29, 0.717) is 24.7 Å². The highest BCUT2D eigenvalue weighted by Crippen LogP contribution is 2.29. The molecule has 1 aromatic heterocycles. The summed E-state index contributed by atoms with van der Waals surface area (Å²) < 4.78 is 5.26. The third-order valence-corrected chi connectivity index (χ3v) is 3.60. The van der Waals surface area contributed by atoms with Gasteiger partial charge in [0.15, 0.2) is 0 Å². The number of hydrogen-bond donors (Lipinski definition) is 3. The van der Waals surface area contributed by atoms with Gasteiger partial charge in [-0.2, -0.15) is 4.98 Å². The van der Waals surface area contributed by atoms with E-state index in [2.05, 4.69) is 15.5 Å². The van der Waals surface area contributed by atoms with Gasteiger partial charge in [-0.25, -0.2) is 0 Å². The maximum absolute atomic E-state index is 9.78. The van der Waals surface area contributed by atoms with Crippen molar-refractivity contribution in [3.8, 4) is 17.1 Å². The number of hydrogen-bond acceptors (Lipinski definition) is 6. The molecule has 0 amide bonds. The number of nitrogens with one attached hydrogen (secondary N) is 1. The predicted octanol–water partition coefficient (Wildman–Crippen LogP) is 1.45. The Balaban J connectivity index is 1.90. The van der Waals surface area contributed by atoms with E-state index < -0.39 is 0 Å². The Hall–Kier alpha value is -1.92. The average Bonchev–Trinajstić information content (AvgIpc) is 3.03. The third-order valence-electron chi connectivity index (χ3n) is 3.60. The van der Waals surface area contributed by atoms with Crippen molar-refractivity contribution in [3.63, 3.8) is 0 Å². The van der Waals surface area contributed by atoms with Gasteiger partial charge in [0.2, 0.25) is 11.7 Å². The minimum absolute atomic E-state index is 0.0921. The quantitative estimate of drug-likeness (QED) is 0.768. The number of aliphatic hydroxyl groups excluding tert-OH is 1. The smallest absolute Gasteiger partial charge is 0.244 e. The van der Waals surface area contributed by atoms with E-state index in [-0.39, 0.29) is 17.9 Å². The fraction of sp³-hybridized carbons (Fsp3) is 0.429. The minimum atomic E-state index is -0.367. The number of aliphatic hydroxyl groups is 1. The van der Waals surface area contributed by atoms with Crippen LogP contribution in [-0.2, 0) is 0 Å². The number of nitrogens with zero attached hydrogens (tertiary/aromatic N) is 2. The van der Waals surface area contributed by atoms with Crippen molar-refractivity contribution in [2.75, 3.05) is 6.54 Å². The summed E-state index contributed by atoms with van der Waals surface area (Å²) in [5.74, 6) is 1.27. The summed E-state index contributed by atoms with van der Waals surface area (Å²) in [5.41, 5.74) is 2.37. The van der Waals surface area contributed by atoms with Gasteiger partial charge in [-0.05, 0) is 43.5 Å². The number of aromatic hydroxyl groups is 1. The molecular formula is C14H17N3O3. The van der Waals surface area contributed by atoms with Gasteiger partial charge in [0.05, 0.1) is 12.1 Å². The lowest BCUT2D eigenvalue weighted by molar-refractivity contribution is 0.191. The topological polar surface area (TPSA) is 91.4 Å². The molecule has 0 spiro atoms. The molecule has 2 atom stereocenters. The number of phenolic OH excluding ortho intramolecular Hbond substituents is 1. The van der Waals surface area contributed by atoms with Crippen molar-refractivity contribution in [1.82, 2.24) is 15.5 Å². The fourth-order valence-corrected chi connectivity index (χ4v) is 2.48. The van der Waals surface area contributed by atoms with Crippen LogP contribution in [0.5, 0.6) is 5.75 Å².